The normalized spacial score (nSPS) is 13.3. The molecule has 0 saturated heterocycles. The molecule has 25 heavy (non-hydrogen) atoms. The number of guanidine groups is 1. The Morgan fingerprint density at radius 3 is 2.36 bits per heavy atom. The Labute approximate surface area is 151 Å². The molecule has 1 aromatic carbocycles. The number of benzene rings is 1. The molecule has 3 N–H and O–H groups in total. The molecule has 0 aliphatic carbocycles. The van der Waals surface area contributed by atoms with Gasteiger partial charge in [-0.3, -0.25) is 4.99 Å². The van der Waals surface area contributed by atoms with Crippen LogP contribution in [0.15, 0.2) is 23.2 Å². The van der Waals surface area contributed by atoms with Crippen molar-refractivity contribution in [1.29, 1.82) is 0 Å². The van der Waals surface area contributed by atoms with Crippen molar-refractivity contribution in [1.82, 2.24) is 4.90 Å². The highest BCUT2D eigenvalue weighted by atomic mass is 16.6. The van der Waals surface area contributed by atoms with Crippen LogP contribution in [0.5, 0.6) is 0 Å². The van der Waals surface area contributed by atoms with Crippen molar-refractivity contribution in [2.24, 2.45) is 16.6 Å². The highest BCUT2D eigenvalue weighted by Gasteiger charge is 2.20. The number of hydrogen-bond donors (Lipinski definition) is 2. The van der Waals surface area contributed by atoms with E-state index in [0.717, 1.165) is 5.69 Å². The first-order chi connectivity index (χ1) is 11.5. The molecule has 6 heteroatoms. The van der Waals surface area contributed by atoms with Crippen LogP contribution in [-0.4, -0.2) is 42.7 Å². The zero-order chi connectivity index (χ0) is 19.2. The lowest BCUT2D eigenvalue weighted by atomic mass is 10.1. The third-order valence-electron chi connectivity index (χ3n) is 3.36. The van der Waals surface area contributed by atoms with E-state index in [9.17, 15) is 4.79 Å². The fourth-order valence-corrected chi connectivity index (χ4v) is 2.43. The second kappa shape index (κ2) is 8.74. The molecule has 1 unspecified atom stereocenters. The average molecular weight is 348 g/mol. The first-order valence-electron chi connectivity index (χ1n) is 8.55. The van der Waals surface area contributed by atoms with Crippen molar-refractivity contribution in [3.8, 4) is 0 Å². The van der Waals surface area contributed by atoms with Crippen LogP contribution in [0, 0.1) is 19.8 Å². The minimum Gasteiger partial charge on any atom is -0.444 e. The van der Waals surface area contributed by atoms with E-state index in [4.69, 9.17) is 10.5 Å². The van der Waals surface area contributed by atoms with Gasteiger partial charge in [-0.05, 0) is 63.8 Å². The Morgan fingerprint density at radius 2 is 1.84 bits per heavy atom. The monoisotopic (exact) mass is 348 g/mol. The van der Waals surface area contributed by atoms with Crippen molar-refractivity contribution in [2.75, 3.05) is 25.5 Å². The summed E-state index contributed by atoms with van der Waals surface area (Å²) in [5.74, 6) is 0.536. The van der Waals surface area contributed by atoms with Gasteiger partial charge in [0.1, 0.15) is 5.60 Å². The van der Waals surface area contributed by atoms with Gasteiger partial charge in [0, 0.05) is 25.8 Å². The first-order valence-corrected chi connectivity index (χ1v) is 8.55. The fraction of sp³-hybridized carbons (Fsp3) is 0.579. The minimum atomic E-state index is -0.493. The van der Waals surface area contributed by atoms with Gasteiger partial charge in [0.05, 0.1) is 0 Å². The van der Waals surface area contributed by atoms with Gasteiger partial charge in [-0.25, -0.2) is 4.79 Å². The van der Waals surface area contributed by atoms with Gasteiger partial charge in [0.25, 0.3) is 0 Å². The summed E-state index contributed by atoms with van der Waals surface area (Å²) in [6, 6.07) is 6.15. The molecular weight excluding hydrogens is 316 g/mol. The average Bonchev–Trinajstić information content (AvgIpc) is 2.42. The molecule has 0 spiro atoms. The van der Waals surface area contributed by atoms with Crippen LogP contribution >= 0.6 is 0 Å². The number of carbonyl (C=O) groups excluding carboxylic acids is 1. The van der Waals surface area contributed by atoms with Crippen LogP contribution in [-0.2, 0) is 4.74 Å². The number of aryl methyl sites for hydroxylation is 2. The van der Waals surface area contributed by atoms with E-state index in [1.165, 1.54) is 11.1 Å². The summed E-state index contributed by atoms with van der Waals surface area (Å²) in [7, 11) is 1.73. The number of carbonyl (C=O) groups is 1. The van der Waals surface area contributed by atoms with E-state index in [0.29, 0.717) is 19.0 Å². The van der Waals surface area contributed by atoms with Gasteiger partial charge >= 0.3 is 6.09 Å². The Kier molecular flexibility index (Phi) is 7.27. The van der Waals surface area contributed by atoms with Gasteiger partial charge in [-0.2, -0.15) is 0 Å². The zero-order valence-corrected chi connectivity index (χ0v) is 16.5. The molecule has 1 atom stereocenters. The Bertz CT molecular complexity index is 600. The number of nitrogens with one attached hydrogen (secondary N) is 1. The molecule has 6 nitrogen and oxygen atoms in total. The van der Waals surface area contributed by atoms with Crippen LogP contribution in [0.4, 0.5) is 10.5 Å². The summed E-state index contributed by atoms with van der Waals surface area (Å²) < 4.78 is 5.34. The Balaban J connectivity index is 2.52. The number of anilines is 1. The molecule has 140 valence electrons. The van der Waals surface area contributed by atoms with Crippen molar-refractivity contribution in [2.45, 2.75) is 47.1 Å². The van der Waals surface area contributed by atoms with Gasteiger partial charge in [-0.1, -0.05) is 13.0 Å². The van der Waals surface area contributed by atoms with E-state index < -0.39 is 5.60 Å². The first kappa shape index (κ1) is 20.8. The minimum absolute atomic E-state index is 0.164. The summed E-state index contributed by atoms with van der Waals surface area (Å²) in [5.41, 5.74) is 8.73. The Morgan fingerprint density at radius 1 is 1.28 bits per heavy atom. The standard InChI is InChI=1S/C19H32N4O2/c1-13-8-14(2)10-16(9-13)22-17(20)21-11-15(3)12-23(7)18(24)25-19(4,5)6/h8-10,15H,11-12H2,1-7H3,(H3,20,21,22). The number of nitrogens with zero attached hydrogens (tertiary/aromatic N) is 2. The maximum Gasteiger partial charge on any atom is 0.410 e. The van der Waals surface area contributed by atoms with Gasteiger partial charge in [0.15, 0.2) is 5.96 Å². The van der Waals surface area contributed by atoms with Gasteiger partial charge < -0.3 is 20.7 Å². The van der Waals surface area contributed by atoms with Gasteiger partial charge in [-0.15, -0.1) is 0 Å². The summed E-state index contributed by atoms with van der Waals surface area (Å²) in [6.45, 7) is 12.7. The van der Waals surface area contributed by atoms with Crippen molar-refractivity contribution in [3.63, 3.8) is 0 Å². The molecule has 0 aliphatic heterocycles. The number of nitrogens with two attached hydrogens (primary N) is 1. The summed E-state index contributed by atoms with van der Waals surface area (Å²) in [4.78, 5) is 17.9. The van der Waals surface area contributed by atoms with Crippen LogP contribution in [0.1, 0.15) is 38.8 Å². The predicted octanol–water partition coefficient (Wildman–Crippen LogP) is 3.53. The highest BCUT2D eigenvalue weighted by molar-refractivity contribution is 5.92. The molecule has 0 heterocycles. The van der Waals surface area contributed by atoms with Gasteiger partial charge in [0.2, 0.25) is 0 Å². The molecule has 0 radical (unpaired) electrons. The van der Waals surface area contributed by atoms with Crippen LogP contribution in [0.3, 0.4) is 0 Å². The highest BCUT2D eigenvalue weighted by Crippen LogP contribution is 2.13. The predicted molar refractivity (Wildman–Crippen MR) is 104 cm³/mol. The third kappa shape index (κ3) is 8.42. The van der Waals surface area contributed by atoms with Crippen molar-refractivity contribution < 1.29 is 9.53 Å². The third-order valence-corrected chi connectivity index (χ3v) is 3.36. The maximum atomic E-state index is 12.0. The molecule has 1 rings (SSSR count). The lowest BCUT2D eigenvalue weighted by molar-refractivity contribution is 0.0279. The summed E-state index contributed by atoms with van der Waals surface area (Å²) in [5, 5.41) is 3.11. The topological polar surface area (TPSA) is 80.0 Å². The molecule has 1 amide bonds. The maximum absolute atomic E-state index is 12.0. The van der Waals surface area contributed by atoms with Crippen LogP contribution < -0.4 is 11.1 Å². The van der Waals surface area contributed by atoms with E-state index in [1.807, 2.05) is 53.7 Å². The summed E-state index contributed by atoms with van der Waals surface area (Å²) >= 11 is 0. The molecular formula is C19H32N4O2. The molecule has 0 fully saturated rings. The lowest BCUT2D eigenvalue weighted by Gasteiger charge is -2.26. The molecule has 0 aromatic heterocycles. The van der Waals surface area contributed by atoms with E-state index in [2.05, 4.69) is 16.4 Å². The number of aliphatic imine (C=N–C) groups is 1. The Hall–Kier alpha value is -2.24. The smallest absolute Gasteiger partial charge is 0.410 e. The fourth-order valence-electron chi connectivity index (χ4n) is 2.43. The molecule has 0 saturated carbocycles. The van der Waals surface area contributed by atoms with Crippen LogP contribution in [0.2, 0.25) is 0 Å². The van der Waals surface area contributed by atoms with Crippen molar-refractivity contribution in [3.05, 3.63) is 29.3 Å². The zero-order valence-electron chi connectivity index (χ0n) is 16.5. The number of rotatable bonds is 5. The van der Waals surface area contributed by atoms with Crippen molar-refractivity contribution >= 4 is 17.7 Å². The SMILES string of the molecule is Cc1cc(C)cc(NC(N)=NCC(C)CN(C)C(=O)OC(C)(C)C)c1. The van der Waals surface area contributed by atoms with E-state index in [1.54, 1.807) is 11.9 Å². The summed E-state index contributed by atoms with van der Waals surface area (Å²) in [6.07, 6.45) is -0.329. The molecule has 0 aliphatic rings. The number of hydrogen-bond acceptors (Lipinski definition) is 3. The second-order valence-electron chi connectivity index (χ2n) is 7.69. The largest absolute Gasteiger partial charge is 0.444 e. The molecule has 1 aromatic rings. The van der Waals surface area contributed by atoms with E-state index in [-0.39, 0.29) is 12.0 Å². The number of amides is 1. The second-order valence-corrected chi connectivity index (χ2v) is 7.69. The quantitative estimate of drug-likeness (QED) is 0.630. The lowest BCUT2D eigenvalue weighted by Crippen LogP contribution is -2.37. The van der Waals surface area contributed by atoms with Crippen LogP contribution in [0.25, 0.3) is 0 Å². The van der Waals surface area contributed by atoms with E-state index >= 15 is 0 Å². The number of ether oxygens (including phenoxy) is 1. The molecule has 0 bridgehead atoms.